The van der Waals surface area contributed by atoms with E-state index in [1.165, 1.54) is 11.3 Å². The predicted molar refractivity (Wildman–Crippen MR) is 69.8 cm³/mol. The van der Waals surface area contributed by atoms with Crippen LogP contribution in [0.3, 0.4) is 0 Å². The monoisotopic (exact) mass is 235 g/mol. The molecule has 94 valence electrons. The van der Waals surface area contributed by atoms with Gasteiger partial charge in [-0.25, -0.2) is 0 Å². The van der Waals surface area contributed by atoms with Gasteiger partial charge in [0.2, 0.25) is 0 Å². The first-order valence-corrected chi connectivity index (χ1v) is 6.32. The topological polar surface area (TPSA) is 32.7 Å². The molecule has 1 aliphatic heterocycles. The summed E-state index contributed by atoms with van der Waals surface area (Å²) in [6, 6.07) is 6.34. The minimum absolute atomic E-state index is 0.259. The van der Waals surface area contributed by atoms with Gasteiger partial charge in [0.15, 0.2) is 0 Å². The van der Waals surface area contributed by atoms with E-state index in [1.54, 1.807) is 0 Å². The van der Waals surface area contributed by atoms with Crippen LogP contribution in [0.1, 0.15) is 18.9 Å². The van der Waals surface area contributed by atoms with E-state index in [0.29, 0.717) is 5.92 Å². The molecule has 0 aliphatic carbocycles. The summed E-state index contributed by atoms with van der Waals surface area (Å²) in [4.78, 5) is 2.21. The summed E-state index contributed by atoms with van der Waals surface area (Å²) in [6.45, 7) is 4.07. The summed E-state index contributed by atoms with van der Waals surface area (Å²) in [5.74, 6) is 1.38. The third-order valence-corrected chi connectivity index (χ3v) is 3.48. The van der Waals surface area contributed by atoms with Crippen LogP contribution in [-0.4, -0.2) is 31.9 Å². The van der Waals surface area contributed by atoms with Crippen molar-refractivity contribution in [2.75, 3.05) is 31.7 Å². The van der Waals surface area contributed by atoms with Gasteiger partial charge in [-0.1, -0.05) is 6.92 Å². The molecule has 3 nitrogen and oxygen atoms in total. The molecule has 1 heterocycles. The lowest BCUT2D eigenvalue weighted by Crippen LogP contribution is -2.27. The molecule has 1 atom stereocenters. The van der Waals surface area contributed by atoms with Crippen LogP contribution in [0.4, 0.5) is 5.69 Å². The minimum Gasteiger partial charge on any atom is -0.493 e. The average molecular weight is 235 g/mol. The van der Waals surface area contributed by atoms with Crippen LogP contribution in [0, 0.1) is 5.92 Å². The summed E-state index contributed by atoms with van der Waals surface area (Å²) in [6.07, 6.45) is 2.02. The van der Waals surface area contributed by atoms with Gasteiger partial charge in [0.05, 0.1) is 6.61 Å². The Bertz CT molecular complexity index is 374. The first-order valence-electron chi connectivity index (χ1n) is 6.32. The highest BCUT2D eigenvalue weighted by Gasteiger charge is 2.14. The smallest absolute Gasteiger partial charge is 0.122 e. The van der Waals surface area contributed by atoms with E-state index in [9.17, 15) is 5.11 Å². The van der Waals surface area contributed by atoms with Crippen molar-refractivity contribution in [1.82, 2.24) is 0 Å². The Kier molecular flexibility index (Phi) is 3.89. The van der Waals surface area contributed by atoms with Crippen LogP contribution in [0.25, 0.3) is 0 Å². The van der Waals surface area contributed by atoms with E-state index >= 15 is 0 Å². The molecule has 3 heteroatoms. The van der Waals surface area contributed by atoms with E-state index in [2.05, 4.69) is 31.0 Å². The summed E-state index contributed by atoms with van der Waals surface area (Å²) in [5.41, 5.74) is 2.51. The zero-order valence-electron chi connectivity index (χ0n) is 10.6. The zero-order valence-corrected chi connectivity index (χ0v) is 10.6. The highest BCUT2D eigenvalue weighted by Crippen LogP contribution is 2.29. The number of fused-ring (bicyclic) bond motifs is 1. The van der Waals surface area contributed by atoms with E-state index in [4.69, 9.17) is 4.74 Å². The van der Waals surface area contributed by atoms with Crippen LogP contribution in [0.15, 0.2) is 18.2 Å². The Hall–Kier alpha value is -1.22. The number of ether oxygens (including phenoxy) is 1. The molecule has 0 radical (unpaired) electrons. The van der Waals surface area contributed by atoms with Crippen molar-refractivity contribution < 1.29 is 9.84 Å². The van der Waals surface area contributed by atoms with Crippen molar-refractivity contribution >= 4 is 5.69 Å². The molecule has 0 spiro atoms. The fourth-order valence-electron chi connectivity index (χ4n) is 2.22. The van der Waals surface area contributed by atoms with E-state index in [1.807, 2.05) is 6.07 Å². The lowest BCUT2D eigenvalue weighted by molar-refractivity contribution is 0.225. The third kappa shape index (κ3) is 2.72. The summed E-state index contributed by atoms with van der Waals surface area (Å²) < 4.78 is 5.50. The Morgan fingerprint density at radius 2 is 2.29 bits per heavy atom. The number of nitrogens with zero attached hydrogens (tertiary/aromatic N) is 1. The average Bonchev–Trinajstić information content (AvgIpc) is 2.82. The van der Waals surface area contributed by atoms with E-state index in [-0.39, 0.29) is 6.61 Å². The fourth-order valence-corrected chi connectivity index (χ4v) is 2.22. The van der Waals surface area contributed by atoms with Crippen molar-refractivity contribution in [2.24, 2.45) is 5.92 Å². The highest BCUT2D eigenvalue weighted by atomic mass is 16.5. The van der Waals surface area contributed by atoms with Crippen molar-refractivity contribution in [3.05, 3.63) is 23.8 Å². The SMILES string of the molecule is CCC(CO)CN(C)c1ccc2c(c1)CCO2. The standard InChI is InChI=1S/C14H21NO2/c1-3-11(10-16)9-15(2)13-4-5-14-12(8-13)6-7-17-14/h4-5,8,11,16H,3,6-7,9-10H2,1-2H3. The molecule has 0 bridgehead atoms. The molecule has 0 aromatic heterocycles. The number of benzene rings is 1. The number of rotatable bonds is 5. The van der Waals surface area contributed by atoms with Crippen LogP contribution in [0.2, 0.25) is 0 Å². The molecule has 0 saturated heterocycles. The van der Waals surface area contributed by atoms with Crippen molar-refractivity contribution in [3.63, 3.8) is 0 Å². The molecule has 0 amide bonds. The van der Waals surface area contributed by atoms with E-state index < -0.39 is 0 Å². The second-order valence-corrected chi connectivity index (χ2v) is 4.73. The first-order chi connectivity index (χ1) is 8.24. The lowest BCUT2D eigenvalue weighted by atomic mass is 10.1. The molecule has 1 aromatic rings. The molecular formula is C14H21NO2. The predicted octanol–water partition coefficient (Wildman–Crippen LogP) is 2.08. The summed E-state index contributed by atoms with van der Waals surface area (Å²) >= 11 is 0. The number of aliphatic hydroxyl groups excluding tert-OH is 1. The maximum atomic E-state index is 9.23. The quantitative estimate of drug-likeness (QED) is 0.848. The van der Waals surface area contributed by atoms with E-state index in [0.717, 1.165) is 31.7 Å². The van der Waals surface area contributed by atoms with Gasteiger partial charge in [0.25, 0.3) is 0 Å². The summed E-state index contributed by atoms with van der Waals surface area (Å²) in [7, 11) is 2.08. The molecule has 0 saturated carbocycles. The van der Waals surface area contributed by atoms with Gasteiger partial charge in [0.1, 0.15) is 5.75 Å². The van der Waals surface area contributed by atoms with Gasteiger partial charge >= 0.3 is 0 Å². The lowest BCUT2D eigenvalue weighted by Gasteiger charge is -2.24. The highest BCUT2D eigenvalue weighted by molar-refractivity contribution is 5.53. The van der Waals surface area contributed by atoms with Gasteiger partial charge < -0.3 is 14.7 Å². The Balaban J connectivity index is 2.06. The van der Waals surface area contributed by atoms with Gasteiger partial charge in [0, 0.05) is 32.3 Å². The minimum atomic E-state index is 0.259. The first kappa shape index (κ1) is 12.2. The number of anilines is 1. The molecule has 1 aromatic carbocycles. The van der Waals surface area contributed by atoms with Crippen LogP contribution < -0.4 is 9.64 Å². The normalized spacial score (nSPS) is 15.2. The number of aliphatic hydroxyl groups is 1. The van der Waals surface area contributed by atoms with Crippen LogP contribution in [0.5, 0.6) is 5.75 Å². The Labute approximate surface area is 103 Å². The molecule has 1 N–H and O–H groups in total. The second-order valence-electron chi connectivity index (χ2n) is 4.73. The van der Waals surface area contributed by atoms with Crippen molar-refractivity contribution in [3.8, 4) is 5.75 Å². The van der Waals surface area contributed by atoms with Crippen LogP contribution in [-0.2, 0) is 6.42 Å². The van der Waals surface area contributed by atoms with Crippen LogP contribution >= 0.6 is 0 Å². The van der Waals surface area contributed by atoms with Crippen molar-refractivity contribution in [2.45, 2.75) is 19.8 Å². The molecule has 0 fully saturated rings. The van der Waals surface area contributed by atoms with Gasteiger partial charge in [-0.2, -0.15) is 0 Å². The molecule has 1 unspecified atom stereocenters. The largest absolute Gasteiger partial charge is 0.493 e. The Morgan fingerprint density at radius 1 is 1.47 bits per heavy atom. The maximum Gasteiger partial charge on any atom is 0.122 e. The third-order valence-electron chi connectivity index (χ3n) is 3.48. The molecule has 1 aliphatic rings. The molecule has 17 heavy (non-hydrogen) atoms. The zero-order chi connectivity index (χ0) is 12.3. The Morgan fingerprint density at radius 3 is 3.00 bits per heavy atom. The van der Waals surface area contributed by atoms with Gasteiger partial charge in [-0.3, -0.25) is 0 Å². The second kappa shape index (κ2) is 5.41. The summed E-state index contributed by atoms with van der Waals surface area (Å²) in [5, 5.41) is 9.23. The van der Waals surface area contributed by atoms with Gasteiger partial charge in [-0.05, 0) is 36.1 Å². The van der Waals surface area contributed by atoms with Gasteiger partial charge in [-0.15, -0.1) is 0 Å². The fraction of sp³-hybridized carbons (Fsp3) is 0.571. The molecule has 2 rings (SSSR count). The van der Waals surface area contributed by atoms with Crippen molar-refractivity contribution in [1.29, 1.82) is 0 Å². The number of hydrogen-bond donors (Lipinski definition) is 1. The maximum absolute atomic E-state index is 9.23. The molecular weight excluding hydrogens is 214 g/mol. The number of hydrogen-bond acceptors (Lipinski definition) is 3.